The standard InChI is InChI=1S/C66H46N4/c1-67-59-41-45(43-29-35-51(36-30-43)69(47-17-7-3-8-18-47)48-19-9-4-10-20-48)33-39-53(59)63-55-25-16-28-58-62(55)61-56(26-15-27-57(61)65(63)67)64-54-40-34-46(42-60(54)68(2)66(58)64)44-31-37-52(38-32-44)70(49-21-11-5-12-22-49)50-23-13-6-14-24-50/h3-42H,1-2H3. The minimum Gasteiger partial charge on any atom is -0.343 e. The van der Waals surface area contributed by atoms with Gasteiger partial charge >= 0.3 is 0 Å². The molecule has 330 valence electrons. The molecule has 0 aliphatic rings. The van der Waals surface area contributed by atoms with Crippen LogP contribution in [-0.2, 0) is 14.1 Å². The Balaban J connectivity index is 0.889. The van der Waals surface area contributed by atoms with E-state index < -0.39 is 0 Å². The lowest BCUT2D eigenvalue weighted by molar-refractivity contribution is 1.02. The molecular weight excluding hydrogens is 849 g/mol. The zero-order valence-corrected chi connectivity index (χ0v) is 38.9. The zero-order valence-electron chi connectivity index (χ0n) is 38.9. The summed E-state index contributed by atoms with van der Waals surface area (Å²) in [6.07, 6.45) is 0. The molecule has 12 aromatic carbocycles. The van der Waals surface area contributed by atoms with Crippen LogP contribution < -0.4 is 9.80 Å². The van der Waals surface area contributed by atoms with Gasteiger partial charge < -0.3 is 18.9 Å². The maximum Gasteiger partial charge on any atom is 0.0575 e. The molecule has 14 rings (SSSR count). The van der Waals surface area contributed by atoms with E-state index in [0.29, 0.717) is 0 Å². The molecular formula is C66H46N4. The summed E-state index contributed by atoms with van der Waals surface area (Å²) in [7, 11) is 4.50. The first-order valence-corrected chi connectivity index (χ1v) is 24.1. The number of aromatic nitrogens is 2. The Morgan fingerprint density at radius 1 is 0.243 bits per heavy atom. The van der Waals surface area contributed by atoms with Crippen molar-refractivity contribution in [1.82, 2.24) is 9.13 Å². The van der Waals surface area contributed by atoms with Crippen LogP contribution in [0.3, 0.4) is 0 Å². The Morgan fingerprint density at radius 2 is 0.543 bits per heavy atom. The lowest BCUT2D eigenvalue weighted by Gasteiger charge is -2.25. The minimum absolute atomic E-state index is 1.12. The summed E-state index contributed by atoms with van der Waals surface area (Å²) in [6, 6.07) is 88.4. The molecule has 0 fully saturated rings. The molecule has 14 aromatic rings. The van der Waals surface area contributed by atoms with Crippen LogP contribution in [0.1, 0.15) is 0 Å². The van der Waals surface area contributed by atoms with Crippen molar-refractivity contribution in [3.8, 4) is 22.3 Å². The van der Waals surface area contributed by atoms with Crippen LogP contribution in [0, 0.1) is 0 Å². The molecule has 0 unspecified atom stereocenters. The van der Waals surface area contributed by atoms with E-state index in [2.05, 4.69) is 276 Å². The van der Waals surface area contributed by atoms with Gasteiger partial charge in [-0.3, -0.25) is 0 Å². The molecule has 4 heteroatoms. The van der Waals surface area contributed by atoms with E-state index in [-0.39, 0.29) is 0 Å². The van der Waals surface area contributed by atoms with E-state index in [4.69, 9.17) is 0 Å². The molecule has 70 heavy (non-hydrogen) atoms. The van der Waals surface area contributed by atoms with Crippen molar-refractivity contribution in [2.75, 3.05) is 9.80 Å². The molecule has 0 bridgehead atoms. The van der Waals surface area contributed by atoms with Crippen molar-refractivity contribution < 1.29 is 0 Å². The highest BCUT2D eigenvalue weighted by atomic mass is 15.1. The van der Waals surface area contributed by atoms with Gasteiger partial charge in [0.15, 0.2) is 0 Å². The van der Waals surface area contributed by atoms with Crippen LogP contribution in [0.15, 0.2) is 243 Å². The predicted octanol–water partition coefficient (Wildman–Crippen LogP) is 18.1. The summed E-state index contributed by atoms with van der Waals surface area (Å²) in [5.41, 5.74) is 16.6. The molecule has 0 saturated carbocycles. The van der Waals surface area contributed by atoms with Crippen molar-refractivity contribution in [3.05, 3.63) is 243 Å². The van der Waals surface area contributed by atoms with Gasteiger partial charge in [0.2, 0.25) is 0 Å². The van der Waals surface area contributed by atoms with E-state index in [1.165, 1.54) is 98.2 Å². The molecule has 2 heterocycles. The monoisotopic (exact) mass is 894 g/mol. The van der Waals surface area contributed by atoms with Crippen LogP contribution >= 0.6 is 0 Å². The molecule has 0 spiro atoms. The Kier molecular flexibility index (Phi) is 8.99. The van der Waals surface area contributed by atoms with Crippen LogP contribution in [0.25, 0.3) is 98.2 Å². The number of fused-ring (bicyclic) bond motifs is 10. The van der Waals surface area contributed by atoms with Crippen molar-refractivity contribution in [3.63, 3.8) is 0 Å². The summed E-state index contributed by atoms with van der Waals surface area (Å²) in [5, 5.41) is 13.0. The van der Waals surface area contributed by atoms with Crippen LogP contribution in [0.2, 0.25) is 0 Å². The fourth-order valence-electron chi connectivity index (χ4n) is 11.7. The maximum absolute atomic E-state index is 2.44. The first-order valence-electron chi connectivity index (χ1n) is 24.1. The first-order chi connectivity index (χ1) is 34.6. The summed E-state index contributed by atoms with van der Waals surface area (Å²) in [5.74, 6) is 0. The third kappa shape index (κ3) is 6.03. The third-order valence-corrected chi connectivity index (χ3v) is 14.8. The highest BCUT2D eigenvalue weighted by Crippen LogP contribution is 2.50. The Morgan fingerprint density at radius 3 is 0.886 bits per heavy atom. The summed E-state index contributed by atoms with van der Waals surface area (Å²) < 4.78 is 4.88. The molecule has 2 aromatic heterocycles. The van der Waals surface area contributed by atoms with Gasteiger partial charge in [-0.15, -0.1) is 0 Å². The molecule has 4 nitrogen and oxygen atoms in total. The average molecular weight is 895 g/mol. The molecule has 0 saturated heterocycles. The number of nitrogens with zero attached hydrogens (tertiary/aromatic N) is 4. The fourth-order valence-corrected chi connectivity index (χ4v) is 11.7. The fraction of sp³-hybridized carbons (Fsp3) is 0.0303. The number of para-hydroxylation sites is 4. The molecule has 0 aliphatic carbocycles. The number of hydrogen-bond donors (Lipinski definition) is 0. The van der Waals surface area contributed by atoms with E-state index in [9.17, 15) is 0 Å². The second-order valence-corrected chi connectivity index (χ2v) is 18.6. The van der Waals surface area contributed by atoms with E-state index >= 15 is 0 Å². The Labute approximate surface area is 406 Å². The van der Waals surface area contributed by atoms with E-state index in [1.807, 2.05) is 0 Å². The quantitative estimate of drug-likeness (QED) is 0.141. The van der Waals surface area contributed by atoms with Gasteiger partial charge in [-0.1, -0.05) is 158 Å². The molecule has 0 atom stereocenters. The highest BCUT2D eigenvalue weighted by Gasteiger charge is 2.24. The third-order valence-electron chi connectivity index (χ3n) is 14.8. The Hall–Kier alpha value is -9.12. The summed E-state index contributed by atoms with van der Waals surface area (Å²) in [6.45, 7) is 0. The van der Waals surface area contributed by atoms with E-state index in [0.717, 1.165) is 34.1 Å². The topological polar surface area (TPSA) is 16.3 Å². The first kappa shape index (κ1) is 40.0. The van der Waals surface area contributed by atoms with Crippen LogP contribution in [-0.4, -0.2) is 9.13 Å². The normalized spacial score (nSPS) is 11.9. The molecule has 0 aliphatic heterocycles. The van der Waals surface area contributed by atoms with Gasteiger partial charge in [-0.25, -0.2) is 0 Å². The highest BCUT2D eigenvalue weighted by molar-refractivity contribution is 6.44. The number of hydrogen-bond acceptors (Lipinski definition) is 2. The minimum atomic E-state index is 1.12. The smallest absolute Gasteiger partial charge is 0.0575 e. The van der Waals surface area contributed by atoms with Crippen LogP contribution in [0.5, 0.6) is 0 Å². The lowest BCUT2D eigenvalue weighted by Crippen LogP contribution is -2.09. The van der Waals surface area contributed by atoms with Gasteiger partial charge in [0, 0.05) is 102 Å². The second-order valence-electron chi connectivity index (χ2n) is 18.6. The Bertz CT molecular complexity index is 3910. The second kappa shape index (κ2) is 15.7. The largest absolute Gasteiger partial charge is 0.343 e. The van der Waals surface area contributed by atoms with E-state index in [1.54, 1.807) is 0 Å². The van der Waals surface area contributed by atoms with Crippen molar-refractivity contribution in [2.24, 2.45) is 14.1 Å². The number of aryl methyl sites for hydroxylation is 2. The van der Waals surface area contributed by atoms with Crippen molar-refractivity contribution >= 4 is 110 Å². The van der Waals surface area contributed by atoms with Crippen LogP contribution in [0.4, 0.5) is 34.1 Å². The van der Waals surface area contributed by atoms with Gasteiger partial charge in [0.25, 0.3) is 0 Å². The maximum atomic E-state index is 2.44. The van der Waals surface area contributed by atoms with Gasteiger partial charge in [-0.2, -0.15) is 0 Å². The molecule has 0 radical (unpaired) electrons. The molecule has 0 amide bonds. The SMILES string of the molecule is Cn1c2cc(-c3ccc(N(c4ccccc4)c4ccccc4)cc3)ccc2c2c3cccc4c3c3c(cccc3c21)c1c2ccc(-c3ccc(N(c5ccccc5)c5ccccc5)cc3)cc2n(C)c41. The van der Waals surface area contributed by atoms with Crippen molar-refractivity contribution in [1.29, 1.82) is 0 Å². The van der Waals surface area contributed by atoms with Gasteiger partial charge in [0.05, 0.1) is 11.0 Å². The van der Waals surface area contributed by atoms with Crippen molar-refractivity contribution in [2.45, 2.75) is 0 Å². The number of rotatable bonds is 8. The summed E-state index contributed by atoms with van der Waals surface area (Å²) in [4.78, 5) is 4.63. The average Bonchev–Trinajstić information content (AvgIpc) is 3.90. The lowest BCUT2D eigenvalue weighted by atomic mass is 9.88. The number of anilines is 6. The predicted molar refractivity (Wildman–Crippen MR) is 298 cm³/mol. The molecule has 0 N–H and O–H groups in total. The van der Waals surface area contributed by atoms with Gasteiger partial charge in [0.1, 0.15) is 0 Å². The van der Waals surface area contributed by atoms with Gasteiger partial charge in [-0.05, 0) is 118 Å². The number of benzene rings is 12. The zero-order chi connectivity index (χ0) is 46.5. The summed E-state index contributed by atoms with van der Waals surface area (Å²) >= 11 is 0.